The summed E-state index contributed by atoms with van der Waals surface area (Å²) < 4.78 is 7.96. The largest absolute Gasteiger partial charge is 0.433 e. The van der Waals surface area contributed by atoms with E-state index in [1.807, 2.05) is 36.9 Å². The summed E-state index contributed by atoms with van der Waals surface area (Å²) in [6.45, 7) is 6.61. The fourth-order valence-electron chi connectivity index (χ4n) is 4.28. The number of nitrogens with two attached hydrogens (primary N) is 1. The molecule has 0 atom stereocenters. The van der Waals surface area contributed by atoms with Crippen LogP contribution in [0, 0.1) is 13.8 Å². The lowest BCUT2D eigenvalue weighted by Crippen LogP contribution is -2.34. The average molecular weight is 479 g/mol. The van der Waals surface area contributed by atoms with E-state index in [4.69, 9.17) is 10.5 Å². The Morgan fingerprint density at radius 2 is 1.89 bits per heavy atom. The number of anilines is 1. The molecule has 3 aromatic rings. The minimum Gasteiger partial charge on any atom is -0.433 e. The molecule has 1 aliphatic rings. The number of benzene rings is 1. The number of urea groups is 1. The number of carbonyl (C=O) groups is 1. The van der Waals surface area contributed by atoms with E-state index in [0.717, 1.165) is 48.2 Å². The number of hydrogen-bond donors (Lipinski definition) is 2. The summed E-state index contributed by atoms with van der Waals surface area (Å²) in [5, 5.41) is 7.42. The number of likely N-dealkylation sites (tertiary alicyclic amines) is 1. The molecule has 10 nitrogen and oxygen atoms in total. The van der Waals surface area contributed by atoms with Gasteiger partial charge in [0.25, 0.3) is 5.88 Å². The highest BCUT2D eigenvalue weighted by Crippen LogP contribution is 2.30. The third-order valence-electron chi connectivity index (χ3n) is 6.44. The van der Waals surface area contributed by atoms with Gasteiger partial charge in [-0.1, -0.05) is 0 Å². The quantitative estimate of drug-likeness (QED) is 0.558. The van der Waals surface area contributed by atoms with Crippen molar-refractivity contribution in [2.24, 2.45) is 0 Å². The fourth-order valence-corrected chi connectivity index (χ4v) is 4.28. The van der Waals surface area contributed by atoms with Gasteiger partial charge < -0.3 is 25.6 Å². The fraction of sp³-hybridized carbons (Fsp3) is 0.440. The summed E-state index contributed by atoms with van der Waals surface area (Å²) >= 11 is 0. The molecular formula is C25H34N8O2. The first kappa shape index (κ1) is 24.5. The number of ether oxygens (including phenoxy) is 1. The van der Waals surface area contributed by atoms with Crippen LogP contribution >= 0.6 is 0 Å². The molecule has 0 saturated carbocycles. The number of nitrogens with zero attached hydrogens (tertiary/aromatic N) is 6. The van der Waals surface area contributed by atoms with Gasteiger partial charge in [-0.3, -0.25) is 4.68 Å². The maximum Gasteiger partial charge on any atom is 0.317 e. The zero-order chi connectivity index (χ0) is 25.1. The number of hydrogen-bond acceptors (Lipinski definition) is 7. The highest BCUT2D eigenvalue weighted by Gasteiger charge is 2.20. The molecule has 35 heavy (non-hydrogen) atoms. The monoisotopic (exact) mass is 478 g/mol. The lowest BCUT2D eigenvalue weighted by Gasteiger charge is -2.28. The van der Waals surface area contributed by atoms with Crippen molar-refractivity contribution in [1.82, 2.24) is 34.9 Å². The van der Waals surface area contributed by atoms with Crippen molar-refractivity contribution in [1.29, 1.82) is 0 Å². The predicted molar refractivity (Wildman–Crippen MR) is 135 cm³/mol. The van der Waals surface area contributed by atoms with Gasteiger partial charge in [-0.05, 0) is 75.6 Å². The Balaban J connectivity index is 1.51. The molecule has 0 aliphatic carbocycles. The molecule has 1 aliphatic heterocycles. The van der Waals surface area contributed by atoms with Crippen molar-refractivity contribution >= 4 is 11.8 Å². The Bertz CT molecular complexity index is 1170. The molecule has 2 amide bonds. The Morgan fingerprint density at radius 3 is 2.54 bits per heavy atom. The SMILES string of the molecule is Cc1cc(-c2cnc(N)c(Oc3cnn(C4CCN(C)CC4)c3)n2)cc(C)c1CNC(=O)N(C)C. The van der Waals surface area contributed by atoms with Crippen molar-refractivity contribution in [3.63, 3.8) is 0 Å². The lowest BCUT2D eigenvalue weighted by molar-refractivity contribution is 0.212. The standard InChI is InChI=1S/C25H34N8O2/c1-16-10-18(11-17(2)21(16)13-28-25(34)31(3)4)22-14-27-23(26)24(30-22)35-20-12-29-33(15-20)19-6-8-32(5)9-7-19/h10-12,14-15,19H,6-9,13H2,1-5H3,(H2,26,27)(H,28,34). The molecular weight excluding hydrogens is 444 g/mol. The molecule has 3 heterocycles. The van der Waals surface area contributed by atoms with Crippen molar-refractivity contribution < 1.29 is 9.53 Å². The van der Waals surface area contributed by atoms with E-state index in [-0.39, 0.29) is 17.7 Å². The molecule has 1 aromatic carbocycles. The minimum absolute atomic E-state index is 0.127. The molecule has 4 rings (SSSR count). The summed E-state index contributed by atoms with van der Waals surface area (Å²) in [6.07, 6.45) is 7.35. The molecule has 1 saturated heterocycles. The van der Waals surface area contributed by atoms with Crippen LogP contribution in [0.25, 0.3) is 11.3 Å². The van der Waals surface area contributed by atoms with Crippen molar-refractivity contribution in [2.45, 2.75) is 39.3 Å². The van der Waals surface area contributed by atoms with Crippen LogP contribution in [0.4, 0.5) is 10.6 Å². The van der Waals surface area contributed by atoms with Crippen LogP contribution in [0.3, 0.4) is 0 Å². The Labute approximate surface area is 206 Å². The molecule has 186 valence electrons. The van der Waals surface area contributed by atoms with Crippen molar-refractivity contribution in [2.75, 3.05) is 40.0 Å². The second kappa shape index (κ2) is 10.3. The van der Waals surface area contributed by atoms with Gasteiger partial charge in [0.1, 0.15) is 0 Å². The molecule has 3 N–H and O–H groups in total. The van der Waals surface area contributed by atoms with Crippen molar-refractivity contribution in [3.05, 3.63) is 47.4 Å². The van der Waals surface area contributed by atoms with Gasteiger partial charge in [0.15, 0.2) is 11.6 Å². The lowest BCUT2D eigenvalue weighted by atomic mass is 9.98. The highest BCUT2D eigenvalue weighted by molar-refractivity contribution is 5.73. The maximum atomic E-state index is 11.9. The van der Waals surface area contributed by atoms with Crippen LogP contribution in [0.5, 0.6) is 11.6 Å². The third-order valence-corrected chi connectivity index (χ3v) is 6.44. The number of rotatable bonds is 6. The van der Waals surface area contributed by atoms with E-state index in [1.54, 1.807) is 26.5 Å². The Kier molecular flexibility index (Phi) is 7.20. The van der Waals surface area contributed by atoms with E-state index in [9.17, 15) is 4.79 Å². The summed E-state index contributed by atoms with van der Waals surface area (Å²) in [5.41, 5.74) is 10.8. The molecule has 0 unspecified atom stereocenters. The van der Waals surface area contributed by atoms with Crippen LogP contribution in [-0.4, -0.2) is 69.8 Å². The molecule has 2 aromatic heterocycles. The minimum atomic E-state index is -0.127. The Hall–Kier alpha value is -3.66. The number of nitrogen functional groups attached to an aromatic ring is 1. The van der Waals surface area contributed by atoms with E-state index in [0.29, 0.717) is 24.0 Å². The van der Waals surface area contributed by atoms with Gasteiger partial charge >= 0.3 is 6.03 Å². The van der Waals surface area contributed by atoms with Crippen LogP contribution in [0.15, 0.2) is 30.7 Å². The molecule has 1 fully saturated rings. The first-order valence-corrected chi connectivity index (χ1v) is 11.8. The van der Waals surface area contributed by atoms with Crippen LogP contribution < -0.4 is 15.8 Å². The highest BCUT2D eigenvalue weighted by atomic mass is 16.5. The van der Waals surface area contributed by atoms with Gasteiger partial charge in [-0.2, -0.15) is 5.10 Å². The topological polar surface area (TPSA) is 114 Å². The van der Waals surface area contributed by atoms with Crippen LogP contribution in [0.1, 0.15) is 35.6 Å². The molecule has 0 radical (unpaired) electrons. The summed E-state index contributed by atoms with van der Waals surface area (Å²) in [5.74, 6) is 1.06. The summed E-state index contributed by atoms with van der Waals surface area (Å²) in [6, 6.07) is 4.31. The number of aromatic nitrogens is 4. The first-order valence-electron chi connectivity index (χ1n) is 11.8. The number of aryl methyl sites for hydroxylation is 2. The van der Waals surface area contributed by atoms with Gasteiger partial charge in [-0.25, -0.2) is 14.8 Å². The van der Waals surface area contributed by atoms with Gasteiger partial charge in [0, 0.05) is 26.2 Å². The number of nitrogens with one attached hydrogen (secondary N) is 1. The normalized spacial score (nSPS) is 14.7. The molecule has 10 heteroatoms. The second-order valence-electron chi connectivity index (χ2n) is 9.38. The number of amides is 2. The van der Waals surface area contributed by atoms with Crippen LogP contribution in [0.2, 0.25) is 0 Å². The van der Waals surface area contributed by atoms with Gasteiger partial charge in [-0.15, -0.1) is 0 Å². The zero-order valence-electron chi connectivity index (χ0n) is 21.1. The first-order chi connectivity index (χ1) is 16.7. The van der Waals surface area contributed by atoms with E-state index in [2.05, 4.69) is 32.3 Å². The maximum absolute atomic E-state index is 11.9. The second-order valence-corrected chi connectivity index (χ2v) is 9.38. The Morgan fingerprint density at radius 1 is 1.20 bits per heavy atom. The zero-order valence-corrected chi connectivity index (χ0v) is 21.1. The molecule has 0 spiro atoms. The average Bonchev–Trinajstić information content (AvgIpc) is 3.28. The van der Waals surface area contributed by atoms with Gasteiger partial charge in [0.05, 0.1) is 30.3 Å². The molecule has 0 bridgehead atoms. The van der Waals surface area contributed by atoms with Crippen molar-refractivity contribution in [3.8, 4) is 22.9 Å². The van der Waals surface area contributed by atoms with Gasteiger partial charge in [0.2, 0.25) is 0 Å². The summed E-state index contributed by atoms with van der Waals surface area (Å²) in [4.78, 5) is 24.7. The predicted octanol–water partition coefficient (Wildman–Crippen LogP) is 3.37. The van der Waals surface area contributed by atoms with E-state index < -0.39 is 0 Å². The third kappa shape index (κ3) is 5.71. The van der Waals surface area contributed by atoms with E-state index >= 15 is 0 Å². The smallest absolute Gasteiger partial charge is 0.317 e. The number of carbonyl (C=O) groups excluding carboxylic acids is 1. The summed E-state index contributed by atoms with van der Waals surface area (Å²) in [7, 11) is 5.58. The van der Waals surface area contributed by atoms with Crippen LogP contribution in [-0.2, 0) is 6.54 Å². The van der Waals surface area contributed by atoms with E-state index in [1.165, 1.54) is 4.90 Å². The number of piperidine rings is 1.